The van der Waals surface area contributed by atoms with Crippen LogP contribution in [-0.2, 0) is 0 Å². The van der Waals surface area contributed by atoms with E-state index in [0.29, 0.717) is 6.54 Å². The molecule has 0 amide bonds. The van der Waals surface area contributed by atoms with Gasteiger partial charge in [-0.3, -0.25) is 10.1 Å². The van der Waals surface area contributed by atoms with Crippen molar-refractivity contribution in [3.8, 4) is 0 Å². The summed E-state index contributed by atoms with van der Waals surface area (Å²) >= 11 is 0. The Balaban J connectivity index is 2.05. The average molecular weight is 314 g/mol. The third kappa shape index (κ3) is 3.11. The first-order valence-corrected chi connectivity index (χ1v) is 6.64. The fourth-order valence-corrected chi connectivity index (χ4v) is 2.34. The summed E-state index contributed by atoms with van der Waals surface area (Å²) in [6.07, 6.45) is -2.55. The molecule has 10 heteroatoms. The molecule has 0 aromatic carbocycles. The fourth-order valence-electron chi connectivity index (χ4n) is 2.34. The number of alkyl halides is 3. The Morgan fingerprint density at radius 3 is 2.82 bits per heavy atom. The highest BCUT2D eigenvalue weighted by Gasteiger charge is 2.30. The number of hydrogen-bond donors (Lipinski definition) is 4. The van der Waals surface area contributed by atoms with Crippen molar-refractivity contribution in [3.05, 3.63) is 22.6 Å². The average Bonchev–Trinajstić information content (AvgIpc) is 2.89. The zero-order chi connectivity index (χ0) is 15.7. The summed E-state index contributed by atoms with van der Waals surface area (Å²) in [4.78, 5) is 22.0. The molecule has 4 N–H and O–H groups in total. The molecule has 1 atom stereocenters. The molecule has 2 aromatic heterocycles. The summed E-state index contributed by atoms with van der Waals surface area (Å²) < 4.78 is 37.9. The van der Waals surface area contributed by atoms with E-state index in [1.54, 1.807) is 0 Å². The van der Waals surface area contributed by atoms with Crippen LogP contribution >= 0.6 is 0 Å². The van der Waals surface area contributed by atoms with E-state index in [9.17, 15) is 18.0 Å². The zero-order valence-electron chi connectivity index (χ0n) is 11.3. The van der Waals surface area contributed by atoms with E-state index in [0.717, 1.165) is 13.0 Å². The summed E-state index contributed by atoms with van der Waals surface area (Å²) in [7, 11) is 0. The molecule has 2 aromatic rings. The second-order valence-corrected chi connectivity index (χ2v) is 4.92. The second-order valence-electron chi connectivity index (χ2n) is 4.92. The highest BCUT2D eigenvalue weighted by molar-refractivity contribution is 5.89. The van der Waals surface area contributed by atoms with Gasteiger partial charge >= 0.3 is 6.30 Å². The van der Waals surface area contributed by atoms with E-state index in [-0.39, 0.29) is 22.9 Å². The van der Waals surface area contributed by atoms with Crippen molar-refractivity contribution < 1.29 is 13.2 Å². The van der Waals surface area contributed by atoms with Gasteiger partial charge in [-0.25, -0.2) is 4.98 Å². The van der Waals surface area contributed by atoms with E-state index < -0.39 is 17.7 Å². The molecule has 1 unspecified atom stereocenters. The number of nitrogens with zero attached hydrogens (tertiary/aromatic N) is 2. The molecule has 1 aliphatic heterocycles. The maximum atomic E-state index is 12.6. The van der Waals surface area contributed by atoms with Crippen LogP contribution in [0.15, 0.2) is 17.1 Å². The molecule has 3 rings (SSSR count). The monoisotopic (exact) mass is 314 g/mol. The Morgan fingerprint density at radius 2 is 2.14 bits per heavy atom. The summed E-state index contributed by atoms with van der Waals surface area (Å²) in [6, 6.07) is 1.47. The van der Waals surface area contributed by atoms with Crippen LogP contribution in [0.4, 0.5) is 24.9 Å². The number of anilines is 2. The minimum Gasteiger partial charge on any atom is -0.350 e. The Morgan fingerprint density at radius 1 is 1.32 bits per heavy atom. The van der Waals surface area contributed by atoms with Gasteiger partial charge in [0.05, 0.1) is 5.52 Å². The van der Waals surface area contributed by atoms with Crippen molar-refractivity contribution in [3.63, 3.8) is 0 Å². The van der Waals surface area contributed by atoms with Crippen LogP contribution in [0.3, 0.4) is 0 Å². The molecule has 7 nitrogen and oxygen atoms in total. The Kier molecular flexibility index (Phi) is 3.61. The minimum atomic E-state index is -4.70. The lowest BCUT2D eigenvalue weighted by Crippen LogP contribution is -2.26. The number of H-pyrrole nitrogens is 1. The minimum absolute atomic E-state index is 0.0400. The smallest absolute Gasteiger partial charge is 0.350 e. The zero-order valence-corrected chi connectivity index (χ0v) is 11.3. The molecule has 22 heavy (non-hydrogen) atoms. The molecular formula is C12H13F3N6O. The van der Waals surface area contributed by atoms with Crippen LogP contribution in [0.2, 0.25) is 0 Å². The molecule has 0 radical (unpaired) electrons. The van der Waals surface area contributed by atoms with Gasteiger partial charge < -0.3 is 15.6 Å². The normalized spacial score (nSPS) is 18.6. The maximum absolute atomic E-state index is 12.6. The number of fused-ring (bicyclic) bond motifs is 1. The van der Waals surface area contributed by atoms with Gasteiger partial charge in [-0.2, -0.15) is 18.2 Å². The molecule has 1 fully saturated rings. The van der Waals surface area contributed by atoms with E-state index in [4.69, 9.17) is 0 Å². The number of nitrogens with one attached hydrogen (secondary N) is 4. The van der Waals surface area contributed by atoms with Crippen LogP contribution in [0, 0.1) is 0 Å². The number of halogens is 3. The quantitative estimate of drug-likeness (QED) is 0.632. The van der Waals surface area contributed by atoms with Gasteiger partial charge in [0.1, 0.15) is 5.39 Å². The van der Waals surface area contributed by atoms with Crippen molar-refractivity contribution in [1.29, 1.82) is 0 Å². The number of aromatic nitrogens is 3. The highest BCUT2D eigenvalue weighted by atomic mass is 19.4. The predicted octanol–water partition coefficient (Wildman–Crippen LogP) is 1.02. The summed E-state index contributed by atoms with van der Waals surface area (Å²) in [6.45, 7) is 1.50. The van der Waals surface area contributed by atoms with Gasteiger partial charge in [0, 0.05) is 18.8 Å². The first-order valence-electron chi connectivity index (χ1n) is 6.64. The van der Waals surface area contributed by atoms with Gasteiger partial charge in [-0.05, 0) is 19.0 Å². The lowest BCUT2D eigenvalue weighted by molar-refractivity contribution is -0.100. The first kappa shape index (κ1) is 14.6. The summed E-state index contributed by atoms with van der Waals surface area (Å²) in [5, 5.41) is 7.17. The third-order valence-corrected chi connectivity index (χ3v) is 3.27. The largest absolute Gasteiger partial charge is 0.483 e. The highest BCUT2D eigenvalue weighted by Crippen LogP contribution is 2.24. The van der Waals surface area contributed by atoms with Crippen LogP contribution < -0.4 is 21.5 Å². The van der Waals surface area contributed by atoms with Crippen molar-refractivity contribution in [2.75, 3.05) is 23.7 Å². The van der Waals surface area contributed by atoms with Gasteiger partial charge in [-0.1, -0.05) is 0 Å². The second kappa shape index (κ2) is 5.44. The van der Waals surface area contributed by atoms with E-state index in [1.807, 2.05) is 0 Å². The van der Waals surface area contributed by atoms with E-state index >= 15 is 0 Å². The fraction of sp³-hybridized carbons (Fsp3) is 0.417. The number of hydrogen-bond acceptors (Lipinski definition) is 6. The molecule has 0 spiro atoms. The van der Waals surface area contributed by atoms with Crippen molar-refractivity contribution in [1.82, 2.24) is 20.3 Å². The molecule has 1 aliphatic rings. The topological polar surface area (TPSA) is 94.7 Å². The molecule has 0 aliphatic carbocycles. The third-order valence-electron chi connectivity index (χ3n) is 3.27. The van der Waals surface area contributed by atoms with E-state index in [1.165, 1.54) is 17.6 Å². The standard InChI is InChI=1S/C12H13F3N6O/c13-12(14,15)21-9-8-7(2-4-17-10(8)22)19-11(20-9)18-6-1-3-16-5-6/h2,4,6,16H,1,3,5H2,(H,17,22)(H2,18,19,20,21). The van der Waals surface area contributed by atoms with Crippen LogP contribution in [0.5, 0.6) is 0 Å². The predicted molar refractivity (Wildman–Crippen MR) is 74.7 cm³/mol. The van der Waals surface area contributed by atoms with Crippen molar-refractivity contribution in [2.24, 2.45) is 0 Å². The maximum Gasteiger partial charge on any atom is 0.483 e. The Bertz CT molecular complexity index is 738. The van der Waals surface area contributed by atoms with Crippen molar-refractivity contribution >= 4 is 22.7 Å². The lowest BCUT2D eigenvalue weighted by Gasteiger charge is -2.15. The lowest BCUT2D eigenvalue weighted by atomic mass is 10.2. The van der Waals surface area contributed by atoms with Gasteiger partial charge in [0.25, 0.3) is 5.56 Å². The van der Waals surface area contributed by atoms with Gasteiger partial charge in [-0.15, -0.1) is 0 Å². The summed E-state index contributed by atoms with van der Waals surface area (Å²) in [5.74, 6) is -0.508. The van der Waals surface area contributed by atoms with Crippen molar-refractivity contribution in [2.45, 2.75) is 18.8 Å². The van der Waals surface area contributed by atoms with Crippen LogP contribution in [-0.4, -0.2) is 40.4 Å². The molecular weight excluding hydrogens is 301 g/mol. The first-order chi connectivity index (χ1) is 10.4. The molecule has 3 heterocycles. The number of aromatic amines is 1. The molecule has 1 saturated heterocycles. The Labute approximate surface area is 122 Å². The molecule has 118 valence electrons. The number of pyridine rings is 1. The molecule has 0 saturated carbocycles. The van der Waals surface area contributed by atoms with Gasteiger partial charge in [0.2, 0.25) is 5.95 Å². The SMILES string of the molecule is O=c1[nH]ccc2nc(NC3CCNC3)nc(NC(F)(F)F)c12. The number of rotatable bonds is 3. The molecule has 0 bridgehead atoms. The summed E-state index contributed by atoms with van der Waals surface area (Å²) in [5.41, 5.74) is -0.544. The van der Waals surface area contributed by atoms with Gasteiger partial charge in [0.15, 0.2) is 5.82 Å². The van der Waals surface area contributed by atoms with Crippen LogP contribution in [0.1, 0.15) is 6.42 Å². The van der Waals surface area contributed by atoms with Crippen LogP contribution in [0.25, 0.3) is 10.9 Å². The Hall–Kier alpha value is -2.36. The van der Waals surface area contributed by atoms with E-state index in [2.05, 4.69) is 25.6 Å².